The molecule has 4 aliphatic rings. The van der Waals surface area contributed by atoms with Crippen molar-refractivity contribution >= 4 is 197 Å². The van der Waals surface area contributed by atoms with Gasteiger partial charge in [0.25, 0.3) is 23.6 Å². The fourth-order valence-electron chi connectivity index (χ4n) is 12.9. The van der Waals surface area contributed by atoms with E-state index in [2.05, 4.69) is 31.9 Å². The van der Waals surface area contributed by atoms with Crippen LogP contribution in [-0.4, -0.2) is 73.2 Å². The number of carboxylic acids is 1. The van der Waals surface area contributed by atoms with Crippen molar-refractivity contribution < 1.29 is 61.1 Å². The summed E-state index contributed by atoms with van der Waals surface area (Å²) in [5.41, 5.74) is 4.58. The lowest BCUT2D eigenvalue weighted by Crippen LogP contribution is -2.30. The normalized spacial score (nSPS) is 14.8. The van der Waals surface area contributed by atoms with E-state index < -0.39 is 41.0 Å². The second-order valence-corrected chi connectivity index (χ2v) is 25.7. The van der Waals surface area contributed by atoms with E-state index in [1.54, 1.807) is 30.3 Å². The Hall–Kier alpha value is -6.39. The first-order chi connectivity index (χ1) is 45.9. The number of para-hydroxylation sites is 4. The Bertz CT molecular complexity index is 4250. The summed E-state index contributed by atoms with van der Waals surface area (Å²) in [6.45, 7) is 1.68. The van der Waals surface area contributed by atoms with Gasteiger partial charge < -0.3 is 49.2 Å². The molecule has 4 heterocycles. The third-order valence-electron chi connectivity index (χ3n) is 18.2. The summed E-state index contributed by atoms with van der Waals surface area (Å²) in [4.78, 5) is 133. The Morgan fingerprint density at radius 3 is 1.13 bits per heavy atom. The zero-order valence-electron chi connectivity index (χ0n) is 54.8. The lowest BCUT2D eigenvalue weighted by atomic mass is 9.85. The van der Waals surface area contributed by atoms with E-state index in [1.165, 1.54) is 146 Å². The summed E-state index contributed by atoms with van der Waals surface area (Å²) in [6.07, 6.45) is 25.1. The van der Waals surface area contributed by atoms with E-state index in [0.29, 0.717) is 65.2 Å². The third kappa shape index (κ3) is 22.8. The predicted molar refractivity (Wildman–Crippen MR) is 423 cm³/mol. The molecule has 0 unspecified atom stereocenters. The number of nitrogens with one attached hydrogen (secondary N) is 3. The van der Waals surface area contributed by atoms with Gasteiger partial charge in [-0.3, -0.25) is 43.2 Å². The summed E-state index contributed by atoms with van der Waals surface area (Å²) in [5.74, 6) is -2.10. The zero-order chi connectivity index (χ0) is 67.5. The molecule has 12 rings (SSSR count). The van der Waals surface area contributed by atoms with E-state index in [4.69, 9.17) is 28.1 Å². The SMILES string of the molecule is COC(=O)c1cccc2c(=O)cc(C(=O)NCC3CCCCC3)oc12.I.I.I.I.NC(=O)c1cccc2c(=O)cc(C(=O)NCC3CCCCC3)oc12.O=C(CCC1CCCCC1)c1cc(=O)c2cccc(Br)c2o1.O=C(NCC1CCCCC1)c1cc(=O)c2cccc(C(=O)O)c2o1. The second-order valence-electron chi connectivity index (χ2n) is 24.8. The number of aromatic carboxylic acids is 1. The number of fused-ring (bicyclic) bond motifs is 4. The number of hydrogen-bond acceptors (Lipinski definition) is 16. The van der Waals surface area contributed by atoms with Crippen LogP contribution in [0.2, 0.25) is 0 Å². The first kappa shape index (κ1) is 83.3. The number of rotatable bonds is 16. The van der Waals surface area contributed by atoms with E-state index in [-0.39, 0.29) is 191 Å². The topological polar surface area (TPSA) is 332 Å². The van der Waals surface area contributed by atoms with Crippen molar-refractivity contribution in [1.29, 1.82) is 0 Å². The molecule has 532 valence electrons. The van der Waals surface area contributed by atoms with Gasteiger partial charge in [-0.15, -0.1) is 95.9 Å². The summed E-state index contributed by atoms with van der Waals surface area (Å²) in [5, 5.41) is 18.8. The van der Waals surface area contributed by atoms with Crippen LogP contribution >= 0.6 is 112 Å². The lowest BCUT2D eigenvalue weighted by Gasteiger charge is -2.21. The Morgan fingerprint density at radius 1 is 0.444 bits per heavy atom. The Labute approximate surface area is 647 Å². The first-order valence-electron chi connectivity index (χ1n) is 32.8. The number of primary amides is 1. The number of nitrogens with two attached hydrogens (primary N) is 1. The summed E-state index contributed by atoms with van der Waals surface area (Å²) in [6, 6.07) is 23.6. The first-order valence-corrected chi connectivity index (χ1v) is 33.6. The van der Waals surface area contributed by atoms with Crippen molar-refractivity contribution in [3.05, 3.63) is 182 Å². The third-order valence-corrected chi connectivity index (χ3v) is 18.8. The van der Waals surface area contributed by atoms with Crippen molar-refractivity contribution in [2.24, 2.45) is 29.4 Å². The summed E-state index contributed by atoms with van der Waals surface area (Å²) < 4.78 is 27.6. The quantitative estimate of drug-likeness (QED) is 0.0341. The highest BCUT2D eigenvalue weighted by Crippen LogP contribution is 2.30. The van der Waals surface area contributed by atoms with E-state index in [1.807, 2.05) is 6.07 Å². The minimum absolute atomic E-state index is 0. The molecule has 0 spiro atoms. The largest absolute Gasteiger partial charge is 0.478 e. The number of esters is 1. The van der Waals surface area contributed by atoms with Gasteiger partial charge in [-0.2, -0.15) is 0 Å². The monoisotopic (exact) mass is 1870 g/mol. The molecule has 0 aliphatic heterocycles. The van der Waals surface area contributed by atoms with Gasteiger partial charge in [0.05, 0.1) is 38.7 Å². The van der Waals surface area contributed by atoms with Crippen LogP contribution in [0.3, 0.4) is 0 Å². The molecule has 4 saturated carbocycles. The van der Waals surface area contributed by atoms with Crippen LogP contribution in [0.5, 0.6) is 0 Å². The van der Waals surface area contributed by atoms with Crippen LogP contribution in [0, 0.1) is 23.7 Å². The molecule has 6 N–H and O–H groups in total. The second kappa shape index (κ2) is 40.9. The summed E-state index contributed by atoms with van der Waals surface area (Å²) in [7, 11) is 1.25. The molecule has 4 amide bonds. The van der Waals surface area contributed by atoms with Crippen LogP contribution in [0.4, 0.5) is 0 Å². The fourth-order valence-corrected chi connectivity index (χ4v) is 13.3. The van der Waals surface area contributed by atoms with Crippen molar-refractivity contribution in [3.8, 4) is 0 Å². The number of Topliss-reactive ketones (excluding diaryl/α,β-unsaturated/α-hetero) is 1. The molecule has 99 heavy (non-hydrogen) atoms. The molecule has 26 heteroatoms. The van der Waals surface area contributed by atoms with Crippen LogP contribution in [0.1, 0.15) is 215 Å². The summed E-state index contributed by atoms with van der Waals surface area (Å²) >= 11 is 3.37. The molecular formula is C73H83BrI4N4O17. The average Bonchev–Trinajstić information content (AvgIpc) is 0.814. The van der Waals surface area contributed by atoms with Gasteiger partial charge in [0.2, 0.25) is 0 Å². The Morgan fingerprint density at radius 2 is 0.758 bits per heavy atom. The molecule has 0 atom stereocenters. The predicted octanol–water partition coefficient (Wildman–Crippen LogP) is 15.5. The number of ketones is 1. The molecule has 4 aromatic heterocycles. The number of carbonyl (C=O) groups is 7. The number of carbonyl (C=O) groups excluding carboxylic acids is 6. The highest BCUT2D eigenvalue weighted by Gasteiger charge is 2.25. The maximum absolute atomic E-state index is 12.4. The van der Waals surface area contributed by atoms with Gasteiger partial charge in [0, 0.05) is 50.3 Å². The highest BCUT2D eigenvalue weighted by molar-refractivity contribution is 14.0. The Balaban J connectivity index is 0.000000235. The molecule has 0 bridgehead atoms. The van der Waals surface area contributed by atoms with Crippen molar-refractivity contribution in [3.63, 3.8) is 0 Å². The molecule has 4 aromatic carbocycles. The smallest absolute Gasteiger partial charge is 0.341 e. The van der Waals surface area contributed by atoms with Gasteiger partial charge in [-0.1, -0.05) is 114 Å². The van der Waals surface area contributed by atoms with Crippen LogP contribution in [-0.2, 0) is 4.74 Å². The van der Waals surface area contributed by atoms with Gasteiger partial charge in [-0.05, 0) is 133 Å². The lowest BCUT2D eigenvalue weighted by molar-refractivity contribution is 0.0599. The van der Waals surface area contributed by atoms with Crippen molar-refractivity contribution in [2.75, 3.05) is 26.7 Å². The average molecular weight is 1880 g/mol. The van der Waals surface area contributed by atoms with Gasteiger partial charge >= 0.3 is 11.9 Å². The van der Waals surface area contributed by atoms with E-state index in [9.17, 15) is 57.8 Å². The van der Waals surface area contributed by atoms with Crippen LogP contribution < -0.4 is 43.4 Å². The van der Waals surface area contributed by atoms with Crippen LogP contribution in [0.15, 0.2) is 138 Å². The molecule has 21 nitrogen and oxygen atoms in total. The number of hydrogen-bond donors (Lipinski definition) is 5. The van der Waals surface area contributed by atoms with Crippen molar-refractivity contribution in [1.82, 2.24) is 16.0 Å². The minimum Gasteiger partial charge on any atom is -0.478 e. The van der Waals surface area contributed by atoms with Crippen molar-refractivity contribution in [2.45, 2.75) is 141 Å². The number of carboxylic acid groups (broad SMARTS) is 1. The van der Waals surface area contributed by atoms with Crippen LogP contribution in [0.25, 0.3) is 43.9 Å². The molecule has 4 fully saturated rings. The maximum atomic E-state index is 12.4. The number of ether oxygens (including phenoxy) is 1. The van der Waals surface area contributed by atoms with Gasteiger partial charge in [0.1, 0.15) is 11.1 Å². The molecule has 0 radical (unpaired) electrons. The highest BCUT2D eigenvalue weighted by atomic mass is 127. The zero-order valence-corrected chi connectivity index (χ0v) is 65.7. The molecule has 8 aromatic rings. The molecule has 4 aliphatic carbocycles. The minimum atomic E-state index is -1.21. The van der Waals surface area contributed by atoms with Gasteiger partial charge in [-0.25, -0.2) is 9.59 Å². The number of amides is 4. The molecular weight excluding hydrogens is 1790 g/mol. The molecule has 0 saturated heterocycles. The standard InChI is InChI=1S/C19H21NO5.C18H19BrO3.C18H20N2O4.C18H19NO5.4HI/c1-24-19(23)14-9-5-8-13-15(21)10-16(25-17(13)14)18(22)20-11-12-6-3-2-4-7-12;19-14-8-4-7-13-16(21)11-17(22-18(13)14)15(20)10-9-12-5-2-1-3-6-12;19-17(22)13-8-4-7-12-14(21)9-15(24-16(12)13)18(23)20-10-11-5-2-1-3-6-11;20-14-9-15(17(21)19-10-11-5-2-1-3-6-11)24-16-12(14)7-4-8-13(16)18(22)23;;;;/h5,8-10,12H,2-4,6-7,11H2,1H3,(H,20,22);4,7-8,11-12H,1-3,5-6,9-10H2;4,7-9,11H,1-3,5-6,10H2,(H2,19,22)(H,20,23);4,7-9,11H,1-3,5-6,10H2,(H,19,21)(H,22,23);4*1H. The van der Waals surface area contributed by atoms with E-state index in [0.717, 1.165) is 57.1 Å². The van der Waals surface area contributed by atoms with E-state index >= 15 is 0 Å². The number of halogens is 5. The van der Waals surface area contributed by atoms with Gasteiger partial charge in [0.15, 0.2) is 72.9 Å². The maximum Gasteiger partial charge on any atom is 0.341 e. The number of methoxy groups -OCH3 is 1. The Kier molecular flexibility index (Phi) is 34.4. The fraction of sp³-hybridized carbons (Fsp3) is 0.411. The number of benzene rings is 4.